The molecule has 2 aliphatic rings. The van der Waals surface area contributed by atoms with Gasteiger partial charge in [-0.2, -0.15) is 0 Å². The lowest BCUT2D eigenvalue weighted by atomic mass is 9.79. The topological polar surface area (TPSA) is 28.6 Å². The summed E-state index contributed by atoms with van der Waals surface area (Å²) >= 11 is 0. The number of aromatic nitrogens is 1. The fourth-order valence-corrected chi connectivity index (χ4v) is 4.73. The molecule has 2 fully saturated rings. The first-order chi connectivity index (χ1) is 13.2. The second-order valence-electron chi connectivity index (χ2n) is 8.09. The van der Waals surface area contributed by atoms with Gasteiger partial charge in [-0.15, -0.1) is 0 Å². The molecule has 0 radical (unpaired) electrons. The predicted octanol–water partition coefficient (Wildman–Crippen LogP) is 3.72. The average molecular weight is 369 g/mol. The van der Waals surface area contributed by atoms with Gasteiger partial charge in [-0.05, 0) is 73.7 Å². The average Bonchev–Trinajstić information content (AvgIpc) is 3.06. The highest BCUT2D eigenvalue weighted by molar-refractivity contribution is 5.29. The van der Waals surface area contributed by atoms with Crippen LogP contribution in [0.2, 0.25) is 0 Å². The Bertz CT molecular complexity index is 769. The summed E-state index contributed by atoms with van der Waals surface area (Å²) in [5.74, 6) is 0.587. The van der Waals surface area contributed by atoms with E-state index in [-0.39, 0.29) is 5.82 Å². The van der Waals surface area contributed by atoms with E-state index in [1.165, 1.54) is 30.9 Å². The number of ether oxygens (including phenoxy) is 1. The van der Waals surface area contributed by atoms with Gasteiger partial charge in [0.1, 0.15) is 11.6 Å². The minimum atomic E-state index is -0.138. The van der Waals surface area contributed by atoms with E-state index >= 15 is 0 Å². The van der Waals surface area contributed by atoms with Gasteiger partial charge >= 0.3 is 0 Å². The molecule has 144 valence electrons. The standard InChI is InChI=1S/C22H28FN3O/c1-27-20-3-4-21(23)19(13-20)15-25-11-2-7-22(16-25)8-12-26(17-22)14-18-5-9-24-10-6-18/h3-6,9-10,13H,2,7-8,11-12,14-17H2,1H3/t22-/m0/s1. The number of hydrogen-bond acceptors (Lipinski definition) is 4. The Balaban J connectivity index is 1.39. The first-order valence-corrected chi connectivity index (χ1v) is 9.82. The zero-order valence-electron chi connectivity index (χ0n) is 16.0. The molecule has 0 N–H and O–H groups in total. The SMILES string of the molecule is COc1ccc(F)c(CN2CCC[C@]3(CCN(Cc4ccncc4)C3)C2)c1. The van der Waals surface area contributed by atoms with Gasteiger partial charge in [-0.25, -0.2) is 4.39 Å². The Morgan fingerprint density at radius 1 is 1.04 bits per heavy atom. The Hall–Kier alpha value is -1.98. The molecule has 2 aliphatic heterocycles. The van der Waals surface area contributed by atoms with Gasteiger partial charge in [0.2, 0.25) is 0 Å². The van der Waals surface area contributed by atoms with Crippen LogP contribution in [0.3, 0.4) is 0 Å². The second kappa shape index (κ2) is 7.95. The number of hydrogen-bond donors (Lipinski definition) is 0. The monoisotopic (exact) mass is 369 g/mol. The molecule has 27 heavy (non-hydrogen) atoms. The molecule has 2 aromatic rings. The lowest BCUT2D eigenvalue weighted by molar-refractivity contribution is 0.0857. The molecule has 1 aromatic heterocycles. The summed E-state index contributed by atoms with van der Waals surface area (Å²) in [6, 6.07) is 9.23. The van der Waals surface area contributed by atoms with Gasteiger partial charge in [0.15, 0.2) is 0 Å². The van der Waals surface area contributed by atoms with Crippen molar-refractivity contribution in [3.63, 3.8) is 0 Å². The van der Waals surface area contributed by atoms with Gasteiger partial charge < -0.3 is 4.74 Å². The number of piperidine rings is 1. The smallest absolute Gasteiger partial charge is 0.127 e. The van der Waals surface area contributed by atoms with Crippen LogP contribution in [0.4, 0.5) is 4.39 Å². The molecule has 2 saturated heterocycles. The van der Waals surface area contributed by atoms with E-state index in [9.17, 15) is 4.39 Å². The lowest BCUT2D eigenvalue weighted by Gasteiger charge is -2.40. The largest absolute Gasteiger partial charge is 0.497 e. The van der Waals surface area contributed by atoms with Gasteiger partial charge in [0, 0.05) is 44.1 Å². The highest BCUT2D eigenvalue weighted by Crippen LogP contribution is 2.40. The highest BCUT2D eigenvalue weighted by atomic mass is 19.1. The molecule has 0 aliphatic carbocycles. The summed E-state index contributed by atoms with van der Waals surface area (Å²) in [5.41, 5.74) is 2.41. The first-order valence-electron chi connectivity index (χ1n) is 9.82. The second-order valence-corrected chi connectivity index (χ2v) is 8.09. The molecule has 3 heterocycles. The van der Waals surface area contributed by atoms with Crippen molar-refractivity contribution in [2.24, 2.45) is 5.41 Å². The van der Waals surface area contributed by atoms with Crippen molar-refractivity contribution in [3.05, 3.63) is 59.7 Å². The molecule has 0 bridgehead atoms. The van der Waals surface area contributed by atoms with Crippen LogP contribution in [0.5, 0.6) is 5.75 Å². The molecule has 5 heteroatoms. The quantitative estimate of drug-likeness (QED) is 0.803. The van der Waals surface area contributed by atoms with Crippen molar-refractivity contribution in [3.8, 4) is 5.75 Å². The van der Waals surface area contributed by atoms with E-state index in [0.717, 1.165) is 44.0 Å². The van der Waals surface area contributed by atoms with E-state index in [2.05, 4.69) is 26.9 Å². The van der Waals surface area contributed by atoms with Gasteiger partial charge in [0.05, 0.1) is 7.11 Å². The van der Waals surface area contributed by atoms with Crippen LogP contribution < -0.4 is 4.74 Å². The third-order valence-electron chi connectivity index (χ3n) is 6.06. The molecule has 4 rings (SSSR count). The van der Waals surface area contributed by atoms with Crippen LogP contribution in [0.1, 0.15) is 30.4 Å². The highest BCUT2D eigenvalue weighted by Gasteiger charge is 2.41. The number of rotatable bonds is 5. The number of halogens is 1. The number of methoxy groups -OCH3 is 1. The summed E-state index contributed by atoms with van der Waals surface area (Å²) in [7, 11) is 1.63. The molecule has 4 nitrogen and oxygen atoms in total. The molecule has 0 saturated carbocycles. The van der Waals surface area contributed by atoms with Crippen LogP contribution in [0.25, 0.3) is 0 Å². The van der Waals surface area contributed by atoms with Crippen LogP contribution >= 0.6 is 0 Å². The van der Waals surface area contributed by atoms with Crippen molar-refractivity contribution in [2.45, 2.75) is 32.4 Å². The zero-order chi connectivity index (χ0) is 18.7. The van der Waals surface area contributed by atoms with Gasteiger partial charge in [-0.1, -0.05) is 0 Å². The van der Waals surface area contributed by atoms with Gasteiger partial charge in [-0.3, -0.25) is 14.8 Å². The maximum atomic E-state index is 14.2. The third-order valence-corrected chi connectivity index (χ3v) is 6.06. The van der Waals surface area contributed by atoms with E-state index in [4.69, 9.17) is 4.74 Å². The van der Waals surface area contributed by atoms with E-state index in [1.54, 1.807) is 13.2 Å². The van der Waals surface area contributed by atoms with E-state index in [0.29, 0.717) is 12.0 Å². The summed E-state index contributed by atoms with van der Waals surface area (Å²) in [4.78, 5) is 9.10. The van der Waals surface area contributed by atoms with Crippen LogP contribution in [0.15, 0.2) is 42.7 Å². The van der Waals surface area contributed by atoms with E-state index < -0.39 is 0 Å². The fourth-order valence-electron chi connectivity index (χ4n) is 4.73. The van der Waals surface area contributed by atoms with E-state index in [1.807, 2.05) is 18.5 Å². The van der Waals surface area contributed by atoms with Crippen molar-refractivity contribution >= 4 is 0 Å². The Labute approximate surface area is 161 Å². The maximum absolute atomic E-state index is 14.2. The van der Waals surface area contributed by atoms with Crippen molar-refractivity contribution in [2.75, 3.05) is 33.3 Å². The number of nitrogens with zero attached hydrogens (tertiary/aromatic N) is 3. The van der Waals surface area contributed by atoms with Crippen LogP contribution in [-0.4, -0.2) is 48.1 Å². The fraction of sp³-hybridized carbons (Fsp3) is 0.500. The van der Waals surface area contributed by atoms with Crippen molar-refractivity contribution in [1.82, 2.24) is 14.8 Å². The number of likely N-dealkylation sites (tertiary alicyclic amines) is 2. The molecule has 1 atom stereocenters. The minimum Gasteiger partial charge on any atom is -0.497 e. The van der Waals surface area contributed by atoms with Crippen LogP contribution in [-0.2, 0) is 13.1 Å². The molecule has 1 spiro atoms. The van der Waals surface area contributed by atoms with Crippen molar-refractivity contribution < 1.29 is 9.13 Å². The minimum absolute atomic E-state index is 0.138. The third kappa shape index (κ3) is 4.30. The number of pyridine rings is 1. The summed E-state index contributed by atoms with van der Waals surface area (Å²) in [5, 5.41) is 0. The van der Waals surface area contributed by atoms with Crippen LogP contribution in [0, 0.1) is 11.2 Å². The van der Waals surface area contributed by atoms with Crippen molar-refractivity contribution in [1.29, 1.82) is 0 Å². The zero-order valence-corrected chi connectivity index (χ0v) is 16.0. The summed E-state index contributed by atoms with van der Waals surface area (Å²) in [6.07, 6.45) is 7.43. The Morgan fingerprint density at radius 3 is 2.59 bits per heavy atom. The summed E-state index contributed by atoms with van der Waals surface area (Å²) in [6.45, 7) is 6.03. The molecule has 0 amide bonds. The summed E-state index contributed by atoms with van der Waals surface area (Å²) < 4.78 is 19.5. The molecular formula is C22H28FN3O. The normalized spacial score (nSPS) is 23.8. The molecule has 1 aromatic carbocycles. The maximum Gasteiger partial charge on any atom is 0.127 e. The van der Waals surface area contributed by atoms with Gasteiger partial charge in [0.25, 0.3) is 0 Å². The lowest BCUT2D eigenvalue weighted by Crippen LogP contribution is -2.44. The Morgan fingerprint density at radius 2 is 1.81 bits per heavy atom. The Kier molecular flexibility index (Phi) is 5.41. The molecule has 0 unspecified atom stereocenters. The molecular weight excluding hydrogens is 341 g/mol. The predicted molar refractivity (Wildman–Crippen MR) is 104 cm³/mol. The number of benzene rings is 1. The first kappa shape index (κ1) is 18.4.